The number of hydrogen-bond acceptors (Lipinski definition) is 4. The molecule has 3 rings (SSSR count). The van der Waals surface area contributed by atoms with Gasteiger partial charge in [-0.25, -0.2) is 4.79 Å². The third-order valence-corrected chi connectivity index (χ3v) is 4.65. The van der Waals surface area contributed by atoms with Gasteiger partial charge in [-0.05, 0) is 38.5 Å². The van der Waals surface area contributed by atoms with Gasteiger partial charge in [0.2, 0.25) is 5.76 Å². The monoisotopic (exact) mass is 290 g/mol. The molecular formula is C17H22O4. The number of esters is 1. The van der Waals surface area contributed by atoms with Crippen molar-refractivity contribution < 1.29 is 18.7 Å². The predicted molar refractivity (Wildman–Crippen MR) is 77.5 cm³/mol. The fourth-order valence-corrected chi connectivity index (χ4v) is 3.53. The van der Waals surface area contributed by atoms with Gasteiger partial charge >= 0.3 is 5.97 Å². The zero-order chi connectivity index (χ0) is 15.0. The summed E-state index contributed by atoms with van der Waals surface area (Å²) in [4.78, 5) is 24.3. The molecule has 2 atom stereocenters. The van der Waals surface area contributed by atoms with Crippen LogP contribution in [0.5, 0.6) is 0 Å². The molecule has 1 aromatic heterocycles. The number of ether oxygens (including phenoxy) is 1. The lowest BCUT2D eigenvalue weighted by Gasteiger charge is -2.26. The van der Waals surface area contributed by atoms with Gasteiger partial charge in [0.25, 0.3) is 0 Å². The van der Waals surface area contributed by atoms with E-state index in [1.165, 1.54) is 6.42 Å². The molecule has 0 aliphatic heterocycles. The first-order chi connectivity index (χ1) is 10.1. The highest BCUT2D eigenvalue weighted by molar-refractivity contribution is 6.02. The molecule has 0 saturated heterocycles. The highest BCUT2D eigenvalue weighted by Crippen LogP contribution is 2.31. The number of ketones is 1. The van der Waals surface area contributed by atoms with E-state index in [1.54, 1.807) is 6.92 Å². The zero-order valence-corrected chi connectivity index (χ0v) is 12.7. The maximum absolute atomic E-state index is 12.3. The largest absolute Gasteiger partial charge is 0.457 e. The smallest absolute Gasteiger partial charge is 0.374 e. The van der Waals surface area contributed by atoms with E-state index in [0.717, 1.165) is 32.1 Å². The van der Waals surface area contributed by atoms with Gasteiger partial charge in [-0.2, -0.15) is 0 Å². The molecule has 1 heterocycles. The van der Waals surface area contributed by atoms with E-state index in [0.29, 0.717) is 29.2 Å². The van der Waals surface area contributed by atoms with Gasteiger partial charge in [0.05, 0.1) is 5.56 Å². The lowest BCUT2D eigenvalue weighted by atomic mass is 9.89. The fourth-order valence-electron chi connectivity index (χ4n) is 3.53. The second kappa shape index (κ2) is 5.66. The first-order valence-corrected chi connectivity index (χ1v) is 7.92. The van der Waals surface area contributed by atoms with Gasteiger partial charge < -0.3 is 9.15 Å². The van der Waals surface area contributed by atoms with E-state index in [4.69, 9.17) is 9.15 Å². The Morgan fingerprint density at radius 3 is 2.76 bits per heavy atom. The Morgan fingerprint density at radius 1 is 1.24 bits per heavy atom. The molecule has 114 valence electrons. The minimum atomic E-state index is -0.409. The number of Topliss-reactive ketones (excluding diaryl/α,β-unsaturated/α-hetero) is 1. The van der Waals surface area contributed by atoms with Gasteiger partial charge in [0, 0.05) is 18.4 Å². The molecule has 0 aromatic carbocycles. The SMILES string of the molecule is Cc1c(C(=O)OC2CCCC(C)C2)oc2c1C(=O)CCC2. The molecule has 1 saturated carbocycles. The normalized spacial score (nSPS) is 25.5. The number of aryl methyl sites for hydroxylation is 1. The minimum absolute atomic E-state index is 0.0153. The number of carbonyl (C=O) groups is 2. The summed E-state index contributed by atoms with van der Waals surface area (Å²) in [6.45, 7) is 3.97. The number of carbonyl (C=O) groups excluding carboxylic acids is 2. The Bertz CT molecular complexity index is 570. The molecule has 0 bridgehead atoms. The summed E-state index contributed by atoms with van der Waals surface area (Å²) in [6, 6.07) is 0. The highest BCUT2D eigenvalue weighted by Gasteiger charge is 2.31. The average molecular weight is 290 g/mol. The molecule has 0 spiro atoms. The van der Waals surface area contributed by atoms with Gasteiger partial charge in [0.15, 0.2) is 5.78 Å². The summed E-state index contributed by atoms with van der Waals surface area (Å²) in [5.74, 6) is 1.17. The molecule has 1 fully saturated rings. The maximum Gasteiger partial charge on any atom is 0.374 e. The Morgan fingerprint density at radius 2 is 2.05 bits per heavy atom. The molecular weight excluding hydrogens is 268 g/mol. The van der Waals surface area contributed by atoms with Crippen LogP contribution in [0.15, 0.2) is 4.42 Å². The molecule has 21 heavy (non-hydrogen) atoms. The van der Waals surface area contributed by atoms with Crippen molar-refractivity contribution in [2.75, 3.05) is 0 Å². The fraction of sp³-hybridized carbons (Fsp3) is 0.647. The molecule has 0 amide bonds. The van der Waals surface area contributed by atoms with Crippen molar-refractivity contribution in [1.29, 1.82) is 0 Å². The van der Waals surface area contributed by atoms with Crippen molar-refractivity contribution in [3.8, 4) is 0 Å². The molecule has 1 aromatic rings. The van der Waals surface area contributed by atoms with E-state index in [1.807, 2.05) is 0 Å². The van der Waals surface area contributed by atoms with Crippen molar-refractivity contribution in [1.82, 2.24) is 0 Å². The lowest BCUT2D eigenvalue weighted by molar-refractivity contribution is 0.0119. The Labute approximate surface area is 124 Å². The molecule has 0 N–H and O–H groups in total. The van der Waals surface area contributed by atoms with E-state index in [-0.39, 0.29) is 17.6 Å². The highest BCUT2D eigenvalue weighted by atomic mass is 16.6. The number of fused-ring (bicyclic) bond motifs is 1. The van der Waals surface area contributed by atoms with E-state index < -0.39 is 5.97 Å². The van der Waals surface area contributed by atoms with Crippen molar-refractivity contribution in [2.45, 2.75) is 64.9 Å². The second-order valence-corrected chi connectivity index (χ2v) is 6.43. The van der Waals surface area contributed by atoms with Gasteiger partial charge in [-0.3, -0.25) is 4.79 Å². The molecule has 0 radical (unpaired) electrons. The van der Waals surface area contributed by atoms with Crippen LogP contribution in [0.2, 0.25) is 0 Å². The summed E-state index contributed by atoms with van der Waals surface area (Å²) in [7, 11) is 0. The van der Waals surface area contributed by atoms with Crippen LogP contribution in [-0.2, 0) is 11.2 Å². The van der Waals surface area contributed by atoms with Crippen molar-refractivity contribution in [2.24, 2.45) is 5.92 Å². The van der Waals surface area contributed by atoms with Crippen LogP contribution in [-0.4, -0.2) is 17.9 Å². The number of rotatable bonds is 2. The molecule has 2 aliphatic carbocycles. The summed E-state index contributed by atoms with van der Waals surface area (Å²) >= 11 is 0. The Balaban J connectivity index is 1.77. The Hall–Kier alpha value is -1.58. The lowest BCUT2D eigenvalue weighted by Crippen LogP contribution is -2.24. The molecule has 4 nitrogen and oxygen atoms in total. The maximum atomic E-state index is 12.3. The van der Waals surface area contributed by atoms with E-state index in [2.05, 4.69) is 6.92 Å². The minimum Gasteiger partial charge on any atom is -0.457 e. The predicted octanol–water partition coefficient (Wildman–Crippen LogP) is 3.84. The van der Waals surface area contributed by atoms with Crippen LogP contribution < -0.4 is 0 Å². The first kappa shape index (κ1) is 14.4. The zero-order valence-electron chi connectivity index (χ0n) is 12.7. The van der Waals surface area contributed by atoms with Crippen molar-refractivity contribution in [3.05, 3.63) is 22.6 Å². The van der Waals surface area contributed by atoms with Crippen molar-refractivity contribution >= 4 is 11.8 Å². The third-order valence-electron chi connectivity index (χ3n) is 4.65. The van der Waals surface area contributed by atoms with Gasteiger partial charge in [-0.1, -0.05) is 13.3 Å². The van der Waals surface area contributed by atoms with Crippen LogP contribution in [0.4, 0.5) is 0 Å². The summed E-state index contributed by atoms with van der Waals surface area (Å²) in [6.07, 6.45) is 6.21. The topological polar surface area (TPSA) is 56.5 Å². The third kappa shape index (κ3) is 2.76. The standard InChI is InChI=1S/C17H22O4/c1-10-5-3-6-12(9-10)20-17(19)16-11(2)15-13(18)7-4-8-14(15)21-16/h10,12H,3-9H2,1-2H3. The summed E-state index contributed by atoms with van der Waals surface area (Å²) in [5, 5.41) is 0. The van der Waals surface area contributed by atoms with Crippen LogP contribution >= 0.6 is 0 Å². The van der Waals surface area contributed by atoms with Crippen molar-refractivity contribution in [3.63, 3.8) is 0 Å². The van der Waals surface area contributed by atoms with Gasteiger partial charge in [0.1, 0.15) is 11.9 Å². The van der Waals surface area contributed by atoms with Crippen LogP contribution in [0.3, 0.4) is 0 Å². The van der Waals surface area contributed by atoms with Crippen LogP contribution in [0, 0.1) is 12.8 Å². The Kier molecular flexibility index (Phi) is 3.87. The number of hydrogen-bond donors (Lipinski definition) is 0. The average Bonchev–Trinajstić information content (AvgIpc) is 2.77. The summed E-state index contributed by atoms with van der Waals surface area (Å²) in [5.41, 5.74) is 1.27. The summed E-state index contributed by atoms with van der Waals surface area (Å²) < 4.78 is 11.2. The van der Waals surface area contributed by atoms with Gasteiger partial charge in [-0.15, -0.1) is 0 Å². The molecule has 2 aliphatic rings. The first-order valence-electron chi connectivity index (χ1n) is 7.92. The number of furan rings is 1. The van der Waals surface area contributed by atoms with Crippen LogP contribution in [0.1, 0.15) is 77.7 Å². The van der Waals surface area contributed by atoms with E-state index >= 15 is 0 Å². The quantitative estimate of drug-likeness (QED) is 0.776. The van der Waals surface area contributed by atoms with E-state index in [9.17, 15) is 9.59 Å². The molecule has 4 heteroatoms. The van der Waals surface area contributed by atoms with Crippen LogP contribution in [0.25, 0.3) is 0 Å². The second-order valence-electron chi connectivity index (χ2n) is 6.43. The molecule has 2 unspecified atom stereocenters.